The molecule has 1 saturated heterocycles. The van der Waals surface area contributed by atoms with Crippen LogP contribution in [0.4, 0.5) is 15.9 Å². The molecule has 3 N–H and O–H groups in total. The Hall–Kier alpha value is -2.93. The van der Waals surface area contributed by atoms with Gasteiger partial charge in [-0.05, 0) is 51.1 Å². The van der Waals surface area contributed by atoms with Gasteiger partial charge in [-0.2, -0.15) is 0 Å². The number of piperazine rings is 1. The monoisotopic (exact) mass is 381 g/mol. The molecule has 7 heteroatoms. The first-order chi connectivity index (χ1) is 13.4. The number of aromatic nitrogens is 2. The summed E-state index contributed by atoms with van der Waals surface area (Å²) in [7, 11) is 0. The zero-order valence-corrected chi connectivity index (χ0v) is 16.2. The van der Waals surface area contributed by atoms with Crippen molar-refractivity contribution in [3.63, 3.8) is 0 Å². The van der Waals surface area contributed by atoms with Crippen LogP contribution >= 0.6 is 0 Å². The van der Waals surface area contributed by atoms with Crippen LogP contribution in [-0.4, -0.2) is 41.0 Å². The standard InChI is InChI=1S/C21H24FN5O/c1-12-6-17-18(22)7-16(8-19(17)25-12)26-21(28)15-4-5-20(23-9-15)27-10-13(2)24-14(3)11-27/h4-9,13-14,24-25H,10-11H2,1-3H3,(H,26,28). The minimum atomic E-state index is -0.368. The minimum Gasteiger partial charge on any atom is -0.359 e. The second-order valence-electron chi connectivity index (χ2n) is 7.60. The maximum Gasteiger partial charge on any atom is 0.257 e. The van der Waals surface area contributed by atoms with Crippen LogP contribution in [0, 0.1) is 12.7 Å². The Morgan fingerprint density at radius 3 is 2.64 bits per heavy atom. The van der Waals surface area contributed by atoms with Gasteiger partial charge in [0.25, 0.3) is 5.91 Å². The van der Waals surface area contributed by atoms with Crippen LogP contribution in [0.2, 0.25) is 0 Å². The number of carbonyl (C=O) groups is 1. The van der Waals surface area contributed by atoms with E-state index in [0.29, 0.717) is 34.2 Å². The van der Waals surface area contributed by atoms with Crippen molar-refractivity contribution in [1.29, 1.82) is 0 Å². The van der Waals surface area contributed by atoms with Crippen LogP contribution in [-0.2, 0) is 0 Å². The summed E-state index contributed by atoms with van der Waals surface area (Å²) in [6.45, 7) is 7.90. The van der Waals surface area contributed by atoms with Gasteiger partial charge in [-0.3, -0.25) is 4.79 Å². The van der Waals surface area contributed by atoms with Gasteiger partial charge in [0.15, 0.2) is 0 Å². The second-order valence-corrected chi connectivity index (χ2v) is 7.60. The quantitative estimate of drug-likeness (QED) is 0.650. The molecule has 0 bridgehead atoms. The Morgan fingerprint density at radius 1 is 1.21 bits per heavy atom. The highest BCUT2D eigenvalue weighted by molar-refractivity contribution is 6.05. The fraction of sp³-hybridized carbons (Fsp3) is 0.333. The highest BCUT2D eigenvalue weighted by Crippen LogP contribution is 2.24. The number of anilines is 2. The summed E-state index contributed by atoms with van der Waals surface area (Å²) in [5.74, 6) is 0.168. The molecular weight excluding hydrogens is 357 g/mol. The van der Waals surface area contributed by atoms with E-state index < -0.39 is 0 Å². The summed E-state index contributed by atoms with van der Waals surface area (Å²) in [5, 5.41) is 6.75. The summed E-state index contributed by atoms with van der Waals surface area (Å²) in [6.07, 6.45) is 1.57. The minimum absolute atomic E-state index is 0.317. The molecule has 0 saturated carbocycles. The van der Waals surface area contributed by atoms with Crippen LogP contribution in [0.1, 0.15) is 29.9 Å². The van der Waals surface area contributed by atoms with E-state index in [2.05, 4.69) is 39.3 Å². The third-order valence-electron chi connectivity index (χ3n) is 4.97. The topological polar surface area (TPSA) is 73.1 Å². The highest BCUT2D eigenvalue weighted by Gasteiger charge is 2.22. The van der Waals surface area contributed by atoms with E-state index in [4.69, 9.17) is 0 Å². The molecule has 6 nitrogen and oxygen atoms in total. The zero-order valence-electron chi connectivity index (χ0n) is 16.2. The van der Waals surface area contributed by atoms with Gasteiger partial charge >= 0.3 is 0 Å². The zero-order chi connectivity index (χ0) is 19.8. The van der Waals surface area contributed by atoms with Gasteiger partial charge in [-0.1, -0.05) is 0 Å². The number of pyridine rings is 1. The van der Waals surface area contributed by atoms with Gasteiger partial charge in [0.05, 0.1) is 11.1 Å². The number of H-pyrrole nitrogens is 1. The molecule has 1 amide bonds. The second kappa shape index (κ2) is 7.24. The van der Waals surface area contributed by atoms with Crippen molar-refractivity contribution in [3.8, 4) is 0 Å². The number of benzene rings is 1. The van der Waals surface area contributed by atoms with E-state index in [1.54, 1.807) is 24.4 Å². The van der Waals surface area contributed by atoms with Crippen molar-refractivity contribution in [2.75, 3.05) is 23.3 Å². The number of fused-ring (bicyclic) bond motifs is 1. The van der Waals surface area contributed by atoms with Gasteiger partial charge in [0.1, 0.15) is 11.6 Å². The molecule has 28 heavy (non-hydrogen) atoms. The number of halogens is 1. The normalized spacial score (nSPS) is 19.8. The first kappa shape index (κ1) is 18.4. The number of nitrogens with zero attached hydrogens (tertiary/aromatic N) is 2. The summed E-state index contributed by atoms with van der Waals surface area (Å²) in [4.78, 5) is 22.3. The number of aryl methyl sites for hydroxylation is 1. The van der Waals surface area contributed by atoms with Crippen molar-refractivity contribution < 1.29 is 9.18 Å². The van der Waals surface area contributed by atoms with E-state index in [1.807, 2.05) is 13.0 Å². The molecule has 146 valence electrons. The first-order valence-electron chi connectivity index (χ1n) is 9.46. The molecule has 1 fully saturated rings. The molecule has 2 atom stereocenters. The lowest BCUT2D eigenvalue weighted by atomic mass is 10.1. The van der Waals surface area contributed by atoms with Crippen molar-refractivity contribution in [2.24, 2.45) is 0 Å². The van der Waals surface area contributed by atoms with Crippen molar-refractivity contribution in [1.82, 2.24) is 15.3 Å². The average molecular weight is 381 g/mol. The number of aromatic amines is 1. The molecule has 0 spiro atoms. The maximum absolute atomic E-state index is 14.2. The predicted octanol–water partition coefficient (Wildman–Crippen LogP) is 3.45. The lowest BCUT2D eigenvalue weighted by molar-refractivity contribution is 0.102. The van der Waals surface area contributed by atoms with Crippen molar-refractivity contribution in [3.05, 3.63) is 53.6 Å². The Labute approximate surface area is 163 Å². The van der Waals surface area contributed by atoms with Gasteiger partial charge in [-0.25, -0.2) is 9.37 Å². The number of hydrogen-bond donors (Lipinski definition) is 3. The molecule has 2 aromatic heterocycles. The molecule has 2 unspecified atom stereocenters. The molecule has 4 rings (SSSR count). The van der Waals surface area contributed by atoms with Crippen LogP contribution in [0.3, 0.4) is 0 Å². The van der Waals surface area contributed by atoms with E-state index in [-0.39, 0.29) is 11.7 Å². The maximum atomic E-state index is 14.2. The fourth-order valence-corrected chi connectivity index (χ4v) is 3.83. The molecule has 3 aromatic rings. The average Bonchev–Trinajstić information content (AvgIpc) is 3.02. The third-order valence-corrected chi connectivity index (χ3v) is 4.97. The smallest absolute Gasteiger partial charge is 0.257 e. The van der Waals surface area contributed by atoms with Crippen molar-refractivity contribution in [2.45, 2.75) is 32.9 Å². The van der Waals surface area contributed by atoms with Gasteiger partial charge in [0, 0.05) is 48.1 Å². The SMILES string of the molecule is Cc1cc2c(F)cc(NC(=O)c3ccc(N4CC(C)NC(C)C4)nc3)cc2[nH]1. The first-order valence-corrected chi connectivity index (χ1v) is 9.46. The number of hydrogen-bond acceptors (Lipinski definition) is 4. The fourth-order valence-electron chi connectivity index (χ4n) is 3.83. The number of nitrogens with one attached hydrogen (secondary N) is 3. The lowest BCUT2D eigenvalue weighted by Crippen LogP contribution is -2.54. The molecule has 0 aliphatic carbocycles. The van der Waals surface area contributed by atoms with E-state index >= 15 is 0 Å². The number of amides is 1. The van der Waals surface area contributed by atoms with Gasteiger partial charge in [0.2, 0.25) is 0 Å². The summed E-state index contributed by atoms with van der Waals surface area (Å²) < 4.78 is 14.2. The van der Waals surface area contributed by atoms with Crippen LogP contribution < -0.4 is 15.5 Å². The van der Waals surface area contributed by atoms with Crippen LogP contribution in [0.15, 0.2) is 36.5 Å². The summed E-state index contributed by atoms with van der Waals surface area (Å²) >= 11 is 0. The van der Waals surface area contributed by atoms with E-state index in [1.165, 1.54) is 6.07 Å². The van der Waals surface area contributed by atoms with Crippen LogP contribution in [0.25, 0.3) is 10.9 Å². The van der Waals surface area contributed by atoms with Crippen molar-refractivity contribution >= 4 is 28.3 Å². The predicted molar refractivity (Wildman–Crippen MR) is 109 cm³/mol. The Balaban J connectivity index is 1.49. The molecule has 1 aliphatic rings. The molecule has 0 radical (unpaired) electrons. The third kappa shape index (κ3) is 3.71. The number of carbonyl (C=O) groups excluding carboxylic acids is 1. The Morgan fingerprint density at radius 2 is 1.96 bits per heavy atom. The van der Waals surface area contributed by atoms with Gasteiger partial charge in [-0.15, -0.1) is 0 Å². The largest absolute Gasteiger partial charge is 0.359 e. The highest BCUT2D eigenvalue weighted by atomic mass is 19.1. The van der Waals surface area contributed by atoms with Gasteiger partial charge < -0.3 is 20.5 Å². The van der Waals surface area contributed by atoms with E-state index in [0.717, 1.165) is 24.6 Å². The van der Waals surface area contributed by atoms with Crippen LogP contribution in [0.5, 0.6) is 0 Å². The molecule has 1 aromatic carbocycles. The lowest BCUT2D eigenvalue weighted by Gasteiger charge is -2.36. The Bertz CT molecular complexity index is 1000. The number of rotatable bonds is 3. The summed E-state index contributed by atoms with van der Waals surface area (Å²) in [5.41, 5.74) is 2.37. The Kier molecular flexibility index (Phi) is 4.77. The molecular formula is C21H24FN5O. The summed E-state index contributed by atoms with van der Waals surface area (Å²) in [6, 6.07) is 9.19. The molecule has 1 aliphatic heterocycles. The molecule has 3 heterocycles. The van der Waals surface area contributed by atoms with E-state index in [9.17, 15) is 9.18 Å².